The first-order chi connectivity index (χ1) is 9.65. The van der Waals surface area contributed by atoms with Crippen LogP contribution < -0.4 is 5.32 Å². The molecule has 0 saturated carbocycles. The molecule has 1 saturated heterocycles. The summed E-state index contributed by atoms with van der Waals surface area (Å²) in [6.07, 6.45) is 2.40. The highest BCUT2D eigenvalue weighted by atomic mass is 16.6. The van der Waals surface area contributed by atoms with Gasteiger partial charge in [-0.05, 0) is 52.0 Å². The van der Waals surface area contributed by atoms with Crippen molar-refractivity contribution in [2.24, 2.45) is 11.8 Å². The van der Waals surface area contributed by atoms with Crippen LogP contribution in [0.5, 0.6) is 0 Å². The number of esters is 1. The number of piperidine rings is 1. The maximum absolute atomic E-state index is 12.0. The second-order valence-electron chi connectivity index (χ2n) is 7.95. The fourth-order valence-electron chi connectivity index (χ4n) is 2.87. The molecule has 0 aromatic rings. The highest BCUT2D eigenvalue weighted by Crippen LogP contribution is 2.17. The van der Waals surface area contributed by atoms with Gasteiger partial charge in [0.25, 0.3) is 0 Å². The molecular weight excluding hydrogens is 264 g/mol. The summed E-state index contributed by atoms with van der Waals surface area (Å²) in [4.78, 5) is 14.2. The molecule has 1 fully saturated rings. The molecule has 0 aromatic carbocycles. The summed E-state index contributed by atoms with van der Waals surface area (Å²) in [5.74, 6) is 1.24. The highest BCUT2D eigenvalue weighted by molar-refractivity contribution is 5.72. The van der Waals surface area contributed by atoms with Crippen LogP contribution in [-0.4, -0.2) is 48.7 Å². The lowest BCUT2D eigenvalue weighted by Crippen LogP contribution is -2.50. The predicted molar refractivity (Wildman–Crippen MR) is 87.3 cm³/mol. The molecule has 1 heterocycles. The van der Waals surface area contributed by atoms with E-state index in [1.54, 1.807) is 0 Å². The van der Waals surface area contributed by atoms with E-state index in [1.807, 2.05) is 20.8 Å². The van der Waals surface area contributed by atoms with Gasteiger partial charge in [0.05, 0.1) is 6.54 Å². The van der Waals surface area contributed by atoms with Crippen LogP contribution in [-0.2, 0) is 9.53 Å². The van der Waals surface area contributed by atoms with E-state index < -0.39 is 5.60 Å². The molecule has 1 N–H and O–H groups in total. The second-order valence-corrected chi connectivity index (χ2v) is 7.95. The summed E-state index contributed by atoms with van der Waals surface area (Å²) in [5, 5.41) is 3.64. The van der Waals surface area contributed by atoms with E-state index in [-0.39, 0.29) is 5.97 Å². The molecule has 0 amide bonds. The molecule has 2 atom stereocenters. The summed E-state index contributed by atoms with van der Waals surface area (Å²) < 4.78 is 5.42. The first kappa shape index (κ1) is 18.4. The first-order valence-corrected chi connectivity index (χ1v) is 8.33. The Labute approximate surface area is 130 Å². The van der Waals surface area contributed by atoms with Crippen molar-refractivity contribution in [3.05, 3.63) is 0 Å². The number of nitrogens with zero attached hydrogens (tertiary/aromatic N) is 1. The molecule has 1 aliphatic heterocycles. The summed E-state index contributed by atoms with van der Waals surface area (Å²) in [5.41, 5.74) is -0.395. The minimum Gasteiger partial charge on any atom is -0.459 e. The molecule has 0 radical (unpaired) electrons. The van der Waals surface area contributed by atoms with Crippen LogP contribution in [0.15, 0.2) is 0 Å². The van der Waals surface area contributed by atoms with Gasteiger partial charge in [-0.2, -0.15) is 0 Å². The zero-order valence-electron chi connectivity index (χ0n) is 14.7. The first-order valence-electron chi connectivity index (χ1n) is 8.33. The van der Waals surface area contributed by atoms with E-state index in [4.69, 9.17) is 4.74 Å². The highest BCUT2D eigenvalue weighted by Gasteiger charge is 2.27. The van der Waals surface area contributed by atoms with Crippen molar-refractivity contribution in [2.45, 2.75) is 66.0 Å². The van der Waals surface area contributed by atoms with Gasteiger partial charge in [-0.1, -0.05) is 20.8 Å². The third-order valence-corrected chi connectivity index (χ3v) is 3.66. The van der Waals surface area contributed by atoms with E-state index in [1.165, 1.54) is 12.8 Å². The Morgan fingerprint density at radius 3 is 2.57 bits per heavy atom. The van der Waals surface area contributed by atoms with Gasteiger partial charge in [-0.3, -0.25) is 9.69 Å². The van der Waals surface area contributed by atoms with Crippen LogP contribution in [0.2, 0.25) is 0 Å². The van der Waals surface area contributed by atoms with Crippen molar-refractivity contribution >= 4 is 5.97 Å². The average molecular weight is 298 g/mol. The average Bonchev–Trinajstić information content (AvgIpc) is 2.24. The van der Waals surface area contributed by atoms with E-state index in [0.29, 0.717) is 18.5 Å². The van der Waals surface area contributed by atoms with E-state index in [2.05, 4.69) is 31.0 Å². The summed E-state index contributed by atoms with van der Waals surface area (Å²) >= 11 is 0. The van der Waals surface area contributed by atoms with Gasteiger partial charge in [0, 0.05) is 19.1 Å². The minimum atomic E-state index is -0.395. The van der Waals surface area contributed by atoms with Crippen LogP contribution in [0.25, 0.3) is 0 Å². The molecule has 21 heavy (non-hydrogen) atoms. The summed E-state index contributed by atoms with van der Waals surface area (Å²) in [7, 11) is 0. The van der Waals surface area contributed by atoms with E-state index >= 15 is 0 Å². The van der Waals surface area contributed by atoms with E-state index in [9.17, 15) is 4.79 Å². The number of hydrogen-bond donors (Lipinski definition) is 1. The number of nitrogens with one attached hydrogen (secondary N) is 1. The van der Waals surface area contributed by atoms with Crippen LogP contribution in [0.1, 0.15) is 54.4 Å². The van der Waals surface area contributed by atoms with Gasteiger partial charge in [0.2, 0.25) is 0 Å². The Morgan fingerprint density at radius 1 is 1.33 bits per heavy atom. The van der Waals surface area contributed by atoms with Gasteiger partial charge >= 0.3 is 5.97 Å². The fourth-order valence-corrected chi connectivity index (χ4v) is 2.87. The number of rotatable bonds is 6. The van der Waals surface area contributed by atoms with Crippen molar-refractivity contribution in [1.82, 2.24) is 10.2 Å². The largest absolute Gasteiger partial charge is 0.459 e. The number of ether oxygens (including phenoxy) is 1. The molecule has 0 aromatic heterocycles. The number of carbonyl (C=O) groups excluding carboxylic acids is 1. The van der Waals surface area contributed by atoms with Gasteiger partial charge < -0.3 is 10.1 Å². The quantitative estimate of drug-likeness (QED) is 0.766. The zero-order valence-corrected chi connectivity index (χ0v) is 14.7. The molecule has 0 bridgehead atoms. The summed E-state index contributed by atoms with van der Waals surface area (Å²) in [6, 6.07) is 0.495. The monoisotopic (exact) mass is 298 g/mol. The molecule has 4 heteroatoms. The Kier molecular flexibility index (Phi) is 7.14. The lowest BCUT2D eigenvalue weighted by Gasteiger charge is -2.37. The van der Waals surface area contributed by atoms with Crippen LogP contribution in [0, 0.1) is 11.8 Å². The van der Waals surface area contributed by atoms with Crippen LogP contribution in [0.3, 0.4) is 0 Å². The van der Waals surface area contributed by atoms with Crippen molar-refractivity contribution in [2.75, 3.05) is 26.2 Å². The minimum absolute atomic E-state index is 0.113. The van der Waals surface area contributed by atoms with E-state index in [0.717, 1.165) is 25.6 Å². The van der Waals surface area contributed by atoms with Gasteiger partial charge in [-0.25, -0.2) is 0 Å². The summed E-state index contributed by atoms with van der Waals surface area (Å²) in [6.45, 7) is 15.9. The smallest absolute Gasteiger partial charge is 0.320 e. The Balaban J connectivity index is 2.39. The fraction of sp³-hybridized carbons (Fsp3) is 0.941. The molecule has 0 spiro atoms. The van der Waals surface area contributed by atoms with Gasteiger partial charge in [-0.15, -0.1) is 0 Å². The topological polar surface area (TPSA) is 41.6 Å². The molecule has 124 valence electrons. The standard InChI is InChI=1S/C17H34N2O2/c1-13(2)7-8-18-15-9-14(3)10-19(11-15)12-16(20)21-17(4,5)6/h13-15,18H,7-12H2,1-6H3. The third kappa shape index (κ3) is 8.42. The van der Waals surface area contributed by atoms with Crippen molar-refractivity contribution in [1.29, 1.82) is 0 Å². The van der Waals surface area contributed by atoms with Gasteiger partial charge in [0.1, 0.15) is 5.60 Å². The predicted octanol–water partition coefficient (Wildman–Crippen LogP) is 2.67. The van der Waals surface area contributed by atoms with Crippen molar-refractivity contribution < 1.29 is 9.53 Å². The normalized spacial score (nSPS) is 24.3. The molecule has 0 aliphatic carbocycles. The Hall–Kier alpha value is -0.610. The van der Waals surface area contributed by atoms with Crippen LogP contribution >= 0.6 is 0 Å². The maximum Gasteiger partial charge on any atom is 0.320 e. The number of likely N-dealkylation sites (tertiary alicyclic amines) is 1. The van der Waals surface area contributed by atoms with Crippen molar-refractivity contribution in [3.63, 3.8) is 0 Å². The van der Waals surface area contributed by atoms with Gasteiger partial charge in [0.15, 0.2) is 0 Å². The number of hydrogen-bond acceptors (Lipinski definition) is 4. The molecule has 1 aliphatic rings. The number of carbonyl (C=O) groups is 1. The zero-order chi connectivity index (χ0) is 16.0. The van der Waals surface area contributed by atoms with Crippen LogP contribution in [0.4, 0.5) is 0 Å². The van der Waals surface area contributed by atoms with Crippen molar-refractivity contribution in [3.8, 4) is 0 Å². The molecule has 4 nitrogen and oxygen atoms in total. The Morgan fingerprint density at radius 2 is 2.00 bits per heavy atom. The SMILES string of the molecule is CC(C)CCNC1CC(C)CN(CC(=O)OC(C)(C)C)C1. The lowest BCUT2D eigenvalue weighted by molar-refractivity contribution is -0.156. The molecule has 1 rings (SSSR count). The lowest BCUT2D eigenvalue weighted by atomic mass is 9.95. The third-order valence-electron chi connectivity index (χ3n) is 3.66. The maximum atomic E-state index is 12.0. The second kappa shape index (κ2) is 8.14. The molecular formula is C17H34N2O2. The Bertz CT molecular complexity index is 323. The molecule has 2 unspecified atom stereocenters.